The van der Waals surface area contributed by atoms with Crippen LogP contribution in [0.5, 0.6) is 0 Å². The highest BCUT2D eigenvalue weighted by molar-refractivity contribution is 6.32. The number of nitrogen functional groups attached to an aromatic ring is 1. The highest BCUT2D eigenvalue weighted by Crippen LogP contribution is 2.22. The summed E-state index contributed by atoms with van der Waals surface area (Å²) in [5, 5.41) is 3.47. The second kappa shape index (κ2) is 5.16. The van der Waals surface area contributed by atoms with Crippen LogP contribution in [-0.4, -0.2) is 16.5 Å². The molecular weight excluding hydrogens is 212 g/mol. The number of nitrogens with zero attached hydrogens (tertiary/aromatic N) is 2. The Morgan fingerprint density at radius 1 is 1.40 bits per heavy atom. The predicted molar refractivity (Wildman–Crippen MR) is 63.9 cm³/mol. The third kappa shape index (κ3) is 3.23. The van der Waals surface area contributed by atoms with Gasteiger partial charge in [-0.05, 0) is 11.8 Å². The van der Waals surface area contributed by atoms with Crippen LogP contribution in [0.3, 0.4) is 0 Å². The molecule has 1 unspecified atom stereocenters. The Morgan fingerprint density at radius 3 is 2.67 bits per heavy atom. The van der Waals surface area contributed by atoms with Crippen molar-refractivity contribution in [1.82, 2.24) is 9.97 Å². The fourth-order valence-corrected chi connectivity index (χ4v) is 1.14. The Balaban J connectivity index is 2.62. The standard InChI is InChI=1S/C10H17ClN4/c1-6(2)7(3)4-13-10-8(12)9(11)14-5-15-10/h5-7H,4,12H2,1-3H3,(H,13,14,15). The van der Waals surface area contributed by atoms with Crippen molar-refractivity contribution in [3.05, 3.63) is 11.5 Å². The van der Waals surface area contributed by atoms with Gasteiger partial charge in [0.15, 0.2) is 11.0 Å². The largest absolute Gasteiger partial charge is 0.393 e. The number of aromatic nitrogens is 2. The minimum Gasteiger partial charge on any atom is -0.393 e. The van der Waals surface area contributed by atoms with E-state index < -0.39 is 0 Å². The van der Waals surface area contributed by atoms with Crippen molar-refractivity contribution in [2.45, 2.75) is 20.8 Å². The molecule has 1 aromatic rings. The molecule has 15 heavy (non-hydrogen) atoms. The van der Waals surface area contributed by atoms with E-state index in [2.05, 4.69) is 36.1 Å². The summed E-state index contributed by atoms with van der Waals surface area (Å²) in [7, 11) is 0. The van der Waals surface area contributed by atoms with E-state index in [1.807, 2.05) is 0 Å². The molecule has 1 rings (SSSR count). The van der Waals surface area contributed by atoms with Crippen LogP contribution in [0.4, 0.5) is 11.5 Å². The van der Waals surface area contributed by atoms with Crippen LogP contribution < -0.4 is 11.1 Å². The van der Waals surface area contributed by atoms with Gasteiger partial charge in [-0.15, -0.1) is 0 Å². The van der Waals surface area contributed by atoms with Gasteiger partial charge in [0, 0.05) is 6.54 Å². The molecule has 0 aliphatic carbocycles. The SMILES string of the molecule is CC(C)C(C)CNc1ncnc(Cl)c1N. The maximum atomic E-state index is 5.78. The fourth-order valence-electron chi connectivity index (χ4n) is 1.01. The molecule has 0 fully saturated rings. The van der Waals surface area contributed by atoms with E-state index in [9.17, 15) is 0 Å². The zero-order valence-corrected chi connectivity index (χ0v) is 10.0. The molecule has 0 radical (unpaired) electrons. The highest BCUT2D eigenvalue weighted by Gasteiger charge is 2.09. The van der Waals surface area contributed by atoms with Gasteiger partial charge >= 0.3 is 0 Å². The summed E-state index contributed by atoms with van der Waals surface area (Å²) >= 11 is 5.78. The average molecular weight is 229 g/mol. The predicted octanol–water partition coefficient (Wildman–Crippen LogP) is 2.42. The van der Waals surface area contributed by atoms with Gasteiger partial charge in [-0.3, -0.25) is 0 Å². The number of anilines is 2. The van der Waals surface area contributed by atoms with Crippen LogP contribution in [0.1, 0.15) is 20.8 Å². The van der Waals surface area contributed by atoms with Crippen LogP contribution in [0.25, 0.3) is 0 Å². The number of hydrogen-bond donors (Lipinski definition) is 2. The number of nitrogens with one attached hydrogen (secondary N) is 1. The van der Waals surface area contributed by atoms with Gasteiger partial charge in [0.1, 0.15) is 12.0 Å². The Labute approximate surface area is 95.3 Å². The van der Waals surface area contributed by atoms with E-state index >= 15 is 0 Å². The van der Waals surface area contributed by atoms with Gasteiger partial charge in [0.2, 0.25) is 0 Å². The van der Waals surface area contributed by atoms with Gasteiger partial charge in [-0.1, -0.05) is 32.4 Å². The molecule has 0 bridgehead atoms. The smallest absolute Gasteiger partial charge is 0.157 e. The van der Waals surface area contributed by atoms with E-state index in [1.54, 1.807) is 0 Å². The Kier molecular flexibility index (Phi) is 4.15. The summed E-state index contributed by atoms with van der Waals surface area (Å²) in [5.74, 6) is 1.79. The van der Waals surface area contributed by atoms with Crippen molar-refractivity contribution in [1.29, 1.82) is 0 Å². The zero-order chi connectivity index (χ0) is 11.4. The molecule has 0 aromatic carbocycles. The first kappa shape index (κ1) is 12.0. The molecule has 5 heteroatoms. The van der Waals surface area contributed by atoms with E-state index in [1.165, 1.54) is 6.33 Å². The molecule has 1 atom stereocenters. The van der Waals surface area contributed by atoms with E-state index in [4.69, 9.17) is 17.3 Å². The number of nitrogens with two attached hydrogens (primary N) is 1. The summed E-state index contributed by atoms with van der Waals surface area (Å²) in [6.07, 6.45) is 1.40. The van der Waals surface area contributed by atoms with Gasteiger partial charge in [0.25, 0.3) is 0 Å². The van der Waals surface area contributed by atoms with Gasteiger partial charge in [-0.2, -0.15) is 0 Å². The average Bonchev–Trinajstić information content (AvgIpc) is 2.19. The molecule has 84 valence electrons. The van der Waals surface area contributed by atoms with Crippen molar-refractivity contribution in [2.75, 3.05) is 17.6 Å². The number of hydrogen-bond acceptors (Lipinski definition) is 4. The fraction of sp³-hybridized carbons (Fsp3) is 0.600. The Hall–Kier alpha value is -1.03. The zero-order valence-electron chi connectivity index (χ0n) is 9.29. The molecule has 0 amide bonds. The van der Waals surface area contributed by atoms with Crippen LogP contribution in [0.15, 0.2) is 6.33 Å². The first-order chi connectivity index (χ1) is 7.02. The molecule has 0 spiro atoms. The normalized spacial score (nSPS) is 12.9. The maximum Gasteiger partial charge on any atom is 0.157 e. The Morgan fingerprint density at radius 2 is 2.07 bits per heavy atom. The molecule has 4 nitrogen and oxygen atoms in total. The van der Waals surface area contributed by atoms with Gasteiger partial charge in [-0.25, -0.2) is 9.97 Å². The van der Waals surface area contributed by atoms with Gasteiger partial charge < -0.3 is 11.1 Å². The lowest BCUT2D eigenvalue weighted by atomic mass is 9.98. The Bertz CT molecular complexity index is 327. The van der Waals surface area contributed by atoms with Crippen molar-refractivity contribution < 1.29 is 0 Å². The number of rotatable bonds is 4. The summed E-state index contributed by atoms with van der Waals surface area (Å²) in [6, 6.07) is 0. The molecule has 0 aliphatic heterocycles. The van der Waals surface area contributed by atoms with Crippen molar-refractivity contribution in [3.63, 3.8) is 0 Å². The van der Waals surface area contributed by atoms with Crippen molar-refractivity contribution in [3.8, 4) is 0 Å². The lowest BCUT2D eigenvalue weighted by Crippen LogP contribution is -2.17. The van der Waals surface area contributed by atoms with E-state index in [0.717, 1.165) is 6.54 Å². The van der Waals surface area contributed by atoms with Crippen LogP contribution >= 0.6 is 11.6 Å². The first-order valence-corrected chi connectivity index (χ1v) is 5.40. The second-order valence-corrected chi connectivity index (χ2v) is 4.39. The summed E-state index contributed by atoms with van der Waals surface area (Å²) in [6.45, 7) is 7.37. The molecule has 0 saturated carbocycles. The summed E-state index contributed by atoms with van der Waals surface area (Å²) < 4.78 is 0. The molecule has 0 aliphatic rings. The van der Waals surface area contributed by atoms with Crippen LogP contribution in [0.2, 0.25) is 5.15 Å². The third-order valence-corrected chi connectivity index (χ3v) is 2.87. The van der Waals surface area contributed by atoms with E-state index in [0.29, 0.717) is 28.5 Å². The van der Waals surface area contributed by atoms with Gasteiger partial charge in [0.05, 0.1) is 0 Å². The number of halogens is 1. The molecule has 3 N–H and O–H groups in total. The first-order valence-electron chi connectivity index (χ1n) is 5.02. The van der Waals surface area contributed by atoms with Crippen LogP contribution in [0, 0.1) is 11.8 Å². The highest BCUT2D eigenvalue weighted by atomic mass is 35.5. The lowest BCUT2D eigenvalue weighted by molar-refractivity contribution is 0.439. The quantitative estimate of drug-likeness (QED) is 0.777. The second-order valence-electron chi connectivity index (χ2n) is 4.03. The van der Waals surface area contributed by atoms with Crippen LogP contribution in [-0.2, 0) is 0 Å². The molecular formula is C10H17ClN4. The van der Waals surface area contributed by atoms with Crippen molar-refractivity contribution >= 4 is 23.1 Å². The summed E-state index contributed by atoms with van der Waals surface area (Å²) in [4.78, 5) is 7.83. The maximum absolute atomic E-state index is 5.78. The third-order valence-electron chi connectivity index (χ3n) is 2.56. The topological polar surface area (TPSA) is 63.8 Å². The molecule has 1 heterocycles. The molecule has 0 saturated heterocycles. The minimum atomic E-state index is 0.296. The monoisotopic (exact) mass is 228 g/mol. The van der Waals surface area contributed by atoms with E-state index in [-0.39, 0.29) is 0 Å². The summed E-state index contributed by atoms with van der Waals surface area (Å²) in [5.41, 5.74) is 6.14. The minimum absolute atomic E-state index is 0.296. The lowest BCUT2D eigenvalue weighted by Gasteiger charge is -2.17. The van der Waals surface area contributed by atoms with Crippen molar-refractivity contribution in [2.24, 2.45) is 11.8 Å². The molecule has 1 aromatic heterocycles.